The zero-order valence-corrected chi connectivity index (χ0v) is 12.9. The van der Waals surface area contributed by atoms with Crippen LogP contribution in [0.5, 0.6) is 0 Å². The van der Waals surface area contributed by atoms with Crippen LogP contribution in [0.1, 0.15) is 24.7 Å². The molecule has 0 saturated carbocycles. The first-order valence-electron chi connectivity index (χ1n) is 6.71. The van der Waals surface area contributed by atoms with Crippen LogP contribution in [0, 0.1) is 6.92 Å². The minimum absolute atomic E-state index is 0.148. The number of nitrogens with one attached hydrogen (secondary N) is 1. The van der Waals surface area contributed by atoms with Crippen LogP contribution in [0.4, 0.5) is 5.69 Å². The number of rotatable bonds is 6. The van der Waals surface area contributed by atoms with E-state index in [-0.39, 0.29) is 11.5 Å². The van der Waals surface area contributed by atoms with Gasteiger partial charge in [-0.25, -0.2) is 8.42 Å². The second-order valence-corrected chi connectivity index (χ2v) is 6.49. The molecule has 0 spiro atoms. The monoisotopic (exact) mass is 309 g/mol. The first kappa shape index (κ1) is 15.5. The van der Waals surface area contributed by atoms with Gasteiger partial charge in [-0.2, -0.15) is 0 Å². The molecule has 0 aliphatic carbocycles. The average molecular weight is 309 g/mol. The lowest BCUT2D eigenvalue weighted by Gasteiger charge is -2.06. The molecule has 2 aromatic heterocycles. The number of anilines is 1. The summed E-state index contributed by atoms with van der Waals surface area (Å²) in [5, 5.41) is 9.31. The maximum atomic E-state index is 12.4. The van der Waals surface area contributed by atoms with Crippen molar-refractivity contribution in [3.63, 3.8) is 0 Å². The number of aliphatic hydroxyl groups excluding tert-OH is 1. The van der Waals surface area contributed by atoms with E-state index < -0.39 is 10.0 Å². The van der Waals surface area contributed by atoms with Crippen molar-refractivity contribution in [2.45, 2.75) is 38.3 Å². The van der Waals surface area contributed by atoms with Crippen LogP contribution in [0.25, 0.3) is 0 Å². The predicted molar refractivity (Wildman–Crippen MR) is 80.4 cm³/mol. The molecule has 0 fully saturated rings. The Hall–Kier alpha value is -1.86. The second kappa shape index (κ2) is 6.28. The first-order valence-corrected chi connectivity index (χ1v) is 8.20. The topological polar surface area (TPSA) is 84.2 Å². The number of aryl methyl sites for hydroxylation is 2. The number of pyridine rings is 1. The Kier molecular flexibility index (Phi) is 4.64. The van der Waals surface area contributed by atoms with E-state index in [4.69, 9.17) is 0 Å². The Bertz CT molecular complexity index is 723. The third-order valence-electron chi connectivity index (χ3n) is 3.05. The minimum atomic E-state index is -3.67. The molecule has 2 rings (SSSR count). The molecule has 0 aliphatic heterocycles. The average Bonchev–Trinajstić information content (AvgIpc) is 2.83. The molecule has 6 nitrogen and oxygen atoms in total. The van der Waals surface area contributed by atoms with Crippen molar-refractivity contribution in [1.29, 1.82) is 0 Å². The number of aromatic nitrogens is 2. The van der Waals surface area contributed by atoms with Crippen LogP contribution in [0.2, 0.25) is 0 Å². The van der Waals surface area contributed by atoms with E-state index in [1.165, 1.54) is 6.07 Å². The van der Waals surface area contributed by atoms with Crippen molar-refractivity contribution < 1.29 is 13.5 Å². The van der Waals surface area contributed by atoms with E-state index >= 15 is 0 Å². The standard InChI is InChI=1S/C14H19N3O3S/c1-3-6-17-9-14(8-13(17)10-18)21(19,20)16-12-4-5-15-11(2)7-12/h4-5,7-9,18H,3,6,10H2,1-2H3,(H,15,16). The molecule has 0 radical (unpaired) electrons. The Morgan fingerprint density at radius 1 is 1.38 bits per heavy atom. The normalized spacial score (nSPS) is 11.6. The van der Waals surface area contributed by atoms with Crippen LogP contribution in [0.3, 0.4) is 0 Å². The minimum Gasteiger partial charge on any atom is -0.390 e. The summed E-state index contributed by atoms with van der Waals surface area (Å²) in [6, 6.07) is 4.75. The fraction of sp³-hybridized carbons (Fsp3) is 0.357. The summed E-state index contributed by atoms with van der Waals surface area (Å²) >= 11 is 0. The zero-order valence-electron chi connectivity index (χ0n) is 12.1. The zero-order chi connectivity index (χ0) is 15.5. The molecule has 2 aromatic rings. The number of hydrogen-bond donors (Lipinski definition) is 2. The molecule has 0 aliphatic rings. The summed E-state index contributed by atoms with van der Waals surface area (Å²) in [5.41, 5.74) is 1.79. The number of sulfonamides is 1. The molecular weight excluding hydrogens is 290 g/mol. The van der Waals surface area contributed by atoms with Gasteiger partial charge in [-0.05, 0) is 31.5 Å². The van der Waals surface area contributed by atoms with Crippen molar-refractivity contribution in [3.8, 4) is 0 Å². The van der Waals surface area contributed by atoms with E-state index in [9.17, 15) is 13.5 Å². The quantitative estimate of drug-likeness (QED) is 0.853. The molecule has 0 unspecified atom stereocenters. The van der Waals surface area contributed by atoms with E-state index in [1.807, 2.05) is 6.92 Å². The molecule has 0 aromatic carbocycles. The van der Waals surface area contributed by atoms with E-state index in [0.29, 0.717) is 17.9 Å². The van der Waals surface area contributed by atoms with Gasteiger partial charge in [0.2, 0.25) is 0 Å². The van der Waals surface area contributed by atoms with Crippen LogP contribution in [-0.2, 0) is 23.2 Å². The second-order valence-electron chi connectivity index (χ2n) is 4.81. The Morgan fingerprint density at radius 3 is 2.76 bits per heavy atom. The van der Waals surface area contributed by atoms with E-state index in [1.54, 1.807) is 36.0 Å². The highest BCUT2D eigenvalue weighted by atomic mass is 32.2. The largest absolute Gasteiger partial charge is 0.390 e. The Balaban J connectivity index is 2.31. The fourth-order valence-electron chi connectivity index (χ4n) is 2.08. The summed E-state index contributed by atoms with van der Waals surface area (Å²) in [4.78, 5) is 4.17. The molecule has 21 heavy (non-hydrogen) atoms. The SMILES string of the molecule is CCCn1cc(S(=O)(=O)Nc2ccnc(C)c2)cc1CO. The number of hydrogen-bond acceptors (Lipinski definition) is 4. The third-order valence-corrected chi connectivity index (χ3v) is 4.39. The molecule has 0 amide bonds. The maximum Gasteiger partial charge on any atom is 0.263 e. The van der Waals surface area contributed by atoms with Gasteiger partial charge in [-0.1, -0.05) is 6.92 Å². The summed E-state index contributed by atoms with van der Waals surface area (Å²) in [6.45, 7) is 4.26. The van der Waals surface area contributed by atoms with Crippen molar-refractivity contribution in [2.75, 3.05) is 4.72 Å². The molecular formula is C14H19N3O3S. The molecule has 0 saturated heterocycles. The summed E-state index contributed by atoms with van der Waals surface area (Å²) < 4.78 is 29.0. The fourth-order valence-corrected chi connectivity index (χ4v) is 3.19. The Labute approximate surface area is 124 Å². The van der Waals surface area contributed by atoms with Gasteiger partial charge in [0.15, 0.2) is 0 Å². The van der Waals surface area contributed by atoms with Gasteiger partial charge in [0.05, 0.1) is 12.3 Å². The van der Waals surface area contributed by atoms with Gasteiger partial charge in [0, 0.05) is 30.3 Å². The van der Waals surface area contributed by atoms with E-state index in [0.717, 1.165) is 12.1 Å². The molecule has 0 atom stereocenters. The van der Waals surface area contributed by atoms with Crippen LogP contribution in [0.15, 0.2) is 35.5 Å². The summed E-state index contributed by atoms with van der Waals surface area (Å²) in [6.07, 6.45) is 3.96. The smallest absolute Gasteiger partial charge is 0.263 e. The third kappa shape index (κ3) is 3.62. The summed E-state index contributed by atoms with van der Waals surface area (Å²) in [7, 11) is -3.67. The molecule has 114 valence electrons. The van der Waals surface area contributed by atoms with Crippen molar-refractivity contribution in [3.05, 3.63) is 42.0 Å². The number of nitrogens with zero attached hydrogens (tertiary/aromatic N) is 2. The highest BCUT2D eigenvalue weighted by Gasteiger charge is 2.18. The van der Waals surface area contributed by atoms with Gasteiger partial charge in [0.1, 0.15) is 4.90 Å². The molecule has 0 bridgehead atoms. The lowest BCUT2D eigenvalue weighted by atomic mass is 10.3. The van der Waals surface area contributed by atoms with Crippen molar-refractivity contribution in [1.82, 2.24) is 9.55 Å². The predicted octanol–water partition coefficient (Wildman–Crippen LogP) is 1.89. The summed E-state index contributed by atoms with van der Waals surface area (Å²) in [5.74, 6) is 0. The van der Waals surface area contributed by atoms with Crippen LogP contribution < -0.4 is 4.72 Å². The van der Waals surface area contributed by atoms with Crippen molar-refractivity contribution >= 4 is 15.7 Å². The molecule has 7 heteroatoms. The maximum absolute atomic E-state index is 12.4. The highest BCUT2D eigenvalue weighted by molar-refractivity contribution is 7.92. The lowest BCUT2D eigenvalue weighted by molar-refractivity contribution is 0.270. The van der Waals surface area contributed by atoms with Gasteiger partial charge in [0.25, 0.3) is 10.0 Å². The first-order chi connectivity index (χ1) is 9.96. The van der Waals surface area contributed by atoms with Crippen molar-refractivity contribution in [2.24, 2.45) is 0 Å². The Morgan fingerprint density at radius 2 is 2.14 bits per heavy atom. The number of aliphatic hydroxyl groups is 1. The molecule has 2 N–H and O–H groups in total. The molecule has 2 heterocycles. The van der Waals surface area contributed by atoms with Gasteiger partial charge >= 0.3 is 0 Å². The lowest BCUT2D eigenvalue weighted by Crippen LogP contribution is -2.12. The van der Waals surface area contributed by atoms with Gasteiger partial charge in [-0.15, -0.1) is 0 Å². The van der Waals surface area contributed by atoms with Crippen LogP contribution in [-0.4, -0.2) is 23.1 Å². The van der Waals surface area contributed by atoms with Gasteiger partial charge in [-0.3, -0.25) is 9.71 Å². The van der Waals surface area contributed by atoms with Crippen LogP contribution >= 0.6 is 0 Å². The van der Waals surface area contributed by atoms with Gasteiger partial charge < -0.3 is 9.67 Å². The highest BCUT2D eigenvalue weighted by Crippen LogP contribution is 2.19. The van der Waals surface area contributed by atoms with E-state index in [2.05, 4.69) is 9.71 Å².